The molecule has 2 aromatic rings. The van der Waals surface area contributed by atoms with Crippen LogP contribution in [-0.2, 0) is 18.6 Å². The van der Waals surface area contributed by atoms with Gasteiger partial charge in [-0.25, -0.2) is 13.6 Å². The minimum atomic E-state index is -1.45. The molecule has 1 aliphatic heterocycles. The molecule has 0 saturated carbocycles. The molecule has 1 fully saturated rings. The van der Waals surface area contributed by atoms with Crippen molar-refractivity contribution in [2.45, 2.75) is 64.2 Å². The van der Waals surface area contributed by atoms with Gasteiger partial charge in [0.25, 0.3) is 0 Å². The van der Waals surface area contributed by atoms with Gasteiger partial charge in [0, 0.05) is 13.1 Å². The number of carbonyl (C=O) groups is 1. The van der Waals surface area contributed by atoms with Crippen molar-refractivity contribution >= 4 is 11.7 Å². The Morgan fingerprint density at radius 3 is 2.28 bits per heavy atom. The summed E-state index contributed by atoms with van der Waals surface area (Å²) in [6.07, 6.45) is 3.21. The van der Waals surface area contributed by atoms with Crippen molar-refractivity contribution in [3.63, 3.8) is 0 Å². The van der Waals surface area contributed by atoms with Crippen LogP contribution in [0, 0.1) is 11.7 Å². The van der Waals surface area contributed by atoms with E-state index in [0.717, 1.165) is 50.0 Å². The minimum Gasteiger partial charge on any atom is -0.390 e. The van der Waals surface area contributed by atoms with Crippen LogP contribution in [0.25, 0.3) is 0 Å². The van der Waals surface area contributed by atoms with Crippen molar-refractivity contribution in [2.24, 2.45) is 5.92 Å². The molecule has 3 rings (SSSR count). The lowest BCUT2D eigenvalue weighted by Gasteiger charge is -2.32. The van der Waals surface area contributed by atoms with Gasteiger partial charge in [0.2, 0.25) is 0 Å². The minimum absolute atomic E-state index is 0.133. The Labute approximate surface area is 212 Å². The number of hydrogen-bond donors (Lipinski definition) is 4. The van der Waals surface area contributed by atoms with Gasteiger partial charge in [0.15, 0.2) is 0 Å². The summed E-state index contributed by atoms with van der Waals surface area (Å²) in [7, 11) is 0. The van der Waals surface area contributed by atoms with Gasteiger partial charge in [0.05, 0.1) is 11.3 Å². The van der Waals surface area contributed by atoms with Gasteiger partial charge in [0.1, 0.15) is 18.1 Å². The smallest absolute Gasteiger partial charge is 0.319 e. The number of benzene rings is 2. The van der Waals surface area contributed by atoms with E-state index in [9.17, 15) is 23.8 Å². The van der Waals surface area contributed by atoms with E-state index in [0.29, 0.717) is 24.4 Å². The molecule has 1 aliphatic rings. The van der Waals surface area contributed by atoms with E-state index in [4.69, 9.17) is 0 Å². The second-order valence-electron chi connectivity index (χ2n) is 10.8. The first-order chi connectivity index (χ1) is 16.9. The molecule has 0 bridgehead atoms. The predicted octanol–water partition coefficient (Wildman–Crippen LogP) is 4.74. The molecule has 1 saturated heterocycles. The molecule has 0 aliphatic carbocycles. The highest BCUT2D eigenvalue weighted by atomic mass is 19.1. The third kappa shape index (κ3) is 8.54. The molecule has 0 aromatic heterocycles. The molecule has 1 atom stereocenters. The third-order valence-corrected chi connectivity index (χ3v) is 6.78. The Hall–Kier alpha value is -2.55. The molecule has 6 nitrogen and oxygen atoms in total. The molecule has 4 N–H and O–H groups in total. The SMILES string of the molecule is CC(C)(O)CCNC(=O)Nc1ccc(CC2CCN(Cc3ccc(C(C)(O)CF)cc3)CC2)cc1F. The lowest BCUT2D eigenvalue weighted by molar-refractivity contribution is 0.0299. The van der Waals surface area contributed by atoms with E-state index in [1.54, 1.807) is 32.0 Å². The molecular formula is C28H39F2N3O3. The van der Waals surface area contributed by atoms with Crippen LogP contribution in [0.15, 0.2) is 42.5 Å². The molecule has 1 heterocycles. The number of likely N-dealkylation sites (tertiary alicyclic amines) is 1. The van der Waals surface area contributed by atoms with Crippen molar-refractivity contribution in [2.75, 3.05) is 31.6 Å². The fourth-order valence-electron chi connectivity index (χ4n) is 4.42. The average Bonchev–Trinajstić information content (AvgIpc) is 2.82. The van der Waals surface area contributed by atoms with Crippen LogP contribution in [0.2, 0.25) is 0 Å². The van der Waals surface area contributed by atoms with Crippen LogP contribution in [0.3, 0.4) is 0 Å². The zero-order chi connectivity index (χ0) is 26.3. The van der Waals surface area contributed by atoms with Crippen molar-refractivity contribution in [1.29, 1.82) is 0 Å². The highest BCUT2D eigenvalue weighted by Gasteiger charge is 2.23. The highest BCUT2D eigenvalue weighted by Crippen LogP contribution is 2.26. The Kier molecular flexibility index (Phi) is 9.44. The van der Waals surface area contributed by atoms with E-state index in [2.05, 4.69) is 15.5 Å². The van der Waals surface area contributed by atoms with Gasteiger partial charge >= 0.3 is 6.03 Å². The second kappa shape index (κ2) is 12.1. The van der Waals surface area contributed by atoms with Crippen molar-refractivity contribution in [1.82, 2.24) is 10.2 Å². The number of halogens is 2. The molecule has 198 valence electrons. The number of anilines is 1. The van der Waals surface area contributed by atoms with E-state index >= 15 is 0 Å². The number of urea groups is 1. The van der Waals surface area contributed by atoms with Gasteiger partial charge in [-0.05, 0) is 94.3 Å². The lowest BCUT2D eigenvalue weighted by Crippen LogP contribution is -2.34. The second-order valence-corrected chi connectivity index (χ2v) is 10.8. The largest absolute Gasteiger partial charge is 0.390 e. The first kappa shape index (κ1) is 28.0. The lowest BCUT2D eigenvalue weighted by atomic mass is 9.89. The zero-order valence-electron chi connectivity index (χ0n) is 21.5. The molecule has 2 amide bonds. The summed E-state index contributed by atoms with van der Waals surface area (Å²) in [5.41, 5.74) is 0.424. The molecule has 1 unspecified atom stereocenters. The van der Waals surface area contributed by atoms with Gasteiger partial charge in [-0.15, -0.1) is 0 Å². The maximum atomic E-state index is 14.6. The number of aliphatic hydroxyl groups is 2. The maximum Gasteiger partial charge on any atom is 0.319 e. The quantitative estimate of drug-likeness (QED) is 0.377. The van der Waals surface area contributed by atoms with Gasteiger partial charge in [-0.3, -0.25) is 4.90 Å². The third-order valence-electron chi connectivity index (χ3n) is 6.78. The Morgan fingerprint density at radius 1 is 1.06 bits per heavy atom. The number of hydrogen-bond acceptors (Lipinski definition) is 4. The fourth-order valence-corrected chi connectivity index (χ4v) is 4.42. The number of nitrogens with zero attached hydrogens (tertiary/aromatic N) is 1. The van der Waals surface area contributed by atoms with Gasteiger partial charge in [-0.1, -0.05) is 30.3 Å². The summed E-state index contributed by atoms with van der Waals surface area (Å²) in [6.45, 7) is 6.97. The maximum absolute atomic E-state index is 14.6. The van der Waals surface area contributed by atoms with Crippen LogP contribution >= 0.6 is 0 Å². The number of rotatable bonds is 10. The monoisotopic (exact) mass is 503 g/mol. The number of carbonyl (C=O) groups excluding carboxylic acids is 1. The number of nitrogens with one attached hydrogen (secondary N) is 2. The molecular weight excluding hydrogens is 464 g/mol. The first-order valence-electron chi connectivity index (χ1n) is 12.6. The Bertz CT molecular complexity index is 998. The summed E-state index contributed by atoms with van der Waals surface area (Å²) in [4.78, 5) is 14.4. The topological polar surface area (TPSA) is 84.8 Å². The normalized spacial score (nSPS) is 17.0. The Balaban J connectivity index is 1.44. The molecule has 0 radical (unpaired) electrons. The van der Waals surface area contributed by atoms with Crippen molar-refractivity contribution in [3.05, 3.63) is 65.0 Å². The van der Waals surface area contributed by atoms with Crippen LogP contribution in [0.1, 0.15) is 56.7 Å². The summed E-state index contributed by atoms with van der Waals surface area (Å²) >= 11 is 0. The number of amides is 2. The summed E-state index contributed by atoms with van der Waals surface area (Å²) in [5.74, 6) is 0.00406. The van der Waals surface area contributed by atoms with Gasteiger partial charge in [-0.2, -0.15) is 0 Å². The van der Waals surface area contributed by atoms with E-state index in [1.807, 2.05) is 18.2 Å². The molecule has 2 aromatic carbocycles. The summed E-state index contributed by atoms with van der Waals surface area (Å²) < 4.78 is 27.6. The van der Waals surface area contributed by atoms with E-state index in [1.165, 1.54) is 13.0 Å². The molecule has 36 heavy (non-hydrogen) atoms. The van der Waals surface area contributed by atoms with Crippen LogP contribution < -0.4 is 10.6 Å². The molecule has 0 spiro atoms. The van der Waals surface area contributed by atoms with Crippen LogP contribution in [0.4, 0.5) is 19.3 Å². The van der Waals surface area contributed by atoms with Crippen molar-refractivity contribution < 1.29 is 23.8 Å². The fraction of sp³-hybridized carbons (Fsp3) is 0.536. The number of piperidine rings is 1. The average molecular weight is 504 g/mol. The molecule has 8 heteroatoms. The summed E-state index contributed by atoms with van der Waals surface area (Å²) in [5, 5.41) is 24.9. The van der Waals surface area contributed by atoms with Crippen LogP contribution in [-0.4, -0.2) is 53.1 Å². The standard InChI is InChI=1S/C28H39F2N3O3/c1-27(2,35)12-13-31-26(34)32-25-9-6-22(17-24(25)30)16-20-10-14-33(15-11-20)18-21-4-7-23(8-5-21)28(3,36)19-29/h4-9,17,20,35-36H,10-16,18-19H2,1-3H3,(H2,31,32,34). The van der Waals surface area contributed by atoms with E-state index < -0.39 is 29.7 Å². The summed E-state index contributed by atoms with van der Waals surface area (Å²) in [6, 6.07) is 11.9. The van der Waals surface area contributed by atoms with Crippen molar-refractivity contribution in [3.8, 4) is 0 Å². The zero-order valence-corrected chi connectivity index (χ0v) is 21.5. The van der Waals surface area contributed by atoms with E-state index in [-0.39, 0.29) is 5.69 Å². The van der Waals surface area contributed by atoms with Gasteiger partial charge < -0.3 is 20.8 Å². The number of alkyl halides is 1. The Morgan fingerprint density at radius 2 is 1.69 bits per heavy atom. The predicted molar refractivity (Wildman–Crippen MR) is 138 cm³/mol. The first-order valence-corrected chi connectivity index (χ1v) is 12.6. The van der Waals surface area contributed by atoms with Crippen LogP contribution in [0.5, 0.6) is 0 Å². The highest BCUT2D eigenvalue weighted by molar-refractivity contribution is 5.89.